The molecule has 0 spiro atoms. The topological polar surface area (TPSA) is 17.1 Å². The molecule has 0 aliphatic carbocycles. The van der Waals surface area contributed by atoms with E-state index in [0.29, 0.717) is 16.1 Å². The van der Waals surface area contributed by atoms with Gasteiger partial charge >= 0.3 is 0 Å². The Morgan fingerprint density at radius 3 is 2.50 bits per heavy atom. The number of aryl methyl sites for hydroxylation is 2. The van der Waals surface area contributed by atoms with E-state index in [1.807, 2.05) is 38.1 Å². The summed E-state index contributed by atoms with van der Waals surface area (Å²) >= 11 is 9.51. The number of carbonyl (C=O) groups excluding carboxylic acids is 1. The van der Waals surface area contributed by atoms with Gasteiger partial charge in [-0.15, -0.1) is 0 Å². The Bertz CT molecular complexity index is 620. The lowest BCUT2D eigenvalue weighted by atomic mass is 10.0. The minimum Gasteiger partial charge on any atom is -0.289 e. The van der Waals surface area contributed by atoms with Crippen LogP contribution in [-0.2, 0) is 0 Å². The fourth-order valence-electron chi connectivity index (χ4n) is 1.71. The molecule has 18 heavy (non-hydrogen) atoms. The minimum atomic E-state index is -0.0209. The first-order valence-corrected chi connectivity index (χ1v) is 6.74. The summed E-state index contributed by atoms with van der Waals surface area (Å²) in [5.74, 6) is -0.0209. The van der Waals surface area contributed by atoms with Gasteiger partial charge < -0.3 is 0 Å². The lowest BCUT2D eigenvalue weighted by molar-refractivity contribution is 0.103. The Morgan fingerprint density at radius 1 is 1.11 bits per heavy atom. The monoisotopic (exact) mass is 322 g/mol. The van der Waals surface area contributed by atoms with Crippen molar-refractivity contribution >= 4 is 33.3 Å². The molecule has 0 heterocycles. The number of hydrogen-bond donors (Lipinski definition) is 0. The summed E-state index contributed by atoms with van der Waals surface area (Å²) in [7, 11) is 0. The van der Waals surface area contributed by atoms with Gasteiger partial charge in [0.25, 0.3) is 0 Å². The van der Waals surface area contributed by atoms with Crippen molar-refractivity contribution in [3.8, 4) is 0 Å². The van der Waals surface area contributed by atoms with Crippen LogP contribution in [0.2, 0.25) is 5.02 Å². The fraction of sp³-hybridized carbons (Fsp3) is 0.133. The quantitative estimate of drug-likeness (QED) is 0.715. The highest BCUT2D eigenvalue weighted by molar-refractivity contribution is 9.10. The van der Waals surface area contributed by atoms with Crippen molar-refractivity contribution in [2.24, 2.45) is 0 Å². The smallest absolute Gasteiger partial charge is 0.194 e. The van der Waals surface area contributed by atoms with Crippen LogP contribution in [0.5, 0.6) is 0 Å². The molecule has 0 amide bonds. The fourth-order valence-corrected chi connectivity index (χ4v) is 2.34. The molecule has 92 valence electrons. The molecule has 0 radical (unpaired) electrons. The molecule has 1 nitrogen and oxygen atoms in total. The molecule has 0 bridgehead atoms. The zero-order valence-corrected chi connectivity index (χ0v) is 12.5. The molecule has 0 unspecified atom stereocenters. The second-order valence-corrected chi connectivity index (χ2v) is 5.43. The zero-order chi connectivity index (χ0) is 13.3. The SMILES string of the molecule is Cc1ccc(C(=O)c2cccc(C)c2Br)cc1Cl. The Morgan fingerprint density at radius 2 is 1.83 bits per heavy atom. The van der Waals surface area contributed by atoms with Crippen molar-refractivity contribution in [1.29, 1.82) is 0 Å². The maximum Gasteiger partial charge on any atom is 0.194 e. The van der Waals surface area contributed by atoms with Gasteiger partial charge in [-0.1, -0.05) is 35.9 Å². The number of hydrogen-bond acceptors (Lipinski definition) is 1. The highest BCUT2D eigenvalue weighted by atomic mass is 79.9. The van der Waals surface area contributed by atoms with E-state index >= 15 is 0 Å². The standard InChI is InChI=1S/C15H12BrClO/c1-9-6-7-11(8-13(9)17)15(18)12-5-3-4-10(2)14(12)16/h3-8H,1-2H3. The van der Waals surface area contributed by atoms with Crippen LogP contribution in [0.4, 0.5) is 0 Å². The van der Waals surface area contributed by atoms with Crippen LogP contribution in [0.25, 0.3) is 0 Å². The van der Waals surface area contributed by atoms with E-state index in [0.717, 1.165) is 15.6 Å². The number of rotatable bonds is 2. The van der Waals surface area contributed by atoms with Crippen LogP contribution in [0.15, 0.2) is 40.9 Å². The van der Waals surface area contributed by atoms with Gasteiger partial charge in [0.2, 0.25) is 0 Å². The third-order valence-electron chi connectivity index (χ3n) is 2.87. The van der Waals surface area contributed by atoms with Gasteiger partial charge in [0.15, 0.2) is 5.78 Å². The van der Waals surface area contributed by atoms with Crippen molar-refractivity contribution in [2.75, 3.05) is 0 Å². The van der Waals surface area contributed by atoms with Crippen molar-refractivity contribution < 1.29 is 4.79 Å². The summed E-state index contributed by atoms with van der Waals surface area (Å²) < 4.78 is 0.840. The van der Waals surface area contributed by atoms with Gasteiger partial charge in [0.05, 0.1) is 0 Å². The first-order chi connectivity index (χ1) is 8.50. The average Bonchev–Trinajstić information content (AvgIpc) is 2.35. The lowest BCUT2D eigenvalue weighted by Gasteiger charge is -2.07. The molecular weight excluding hydrogens is 312 g/mol. The van der Waals surface area contributed by atoms with E-state index in [-0.39, 0.29) is 5.78 Å². The van der Waals surface area contributed by atoms with Crippen LogP contribution >= 0.6 is 27.5 Å². The molecule has 0 aliphatic rings. The molecule has 0 atom stereocenters. The van der Waals surface area contributed by atoms with Crippen LogP contribution in [0, 0.1) is 13.8 Å². The van der Waals surface area contributed by atoms with E-state index in [1.54, 1.807) is 12.1 Å². The minimum absolute atomic E-state index is 0.0209. The summed E-state index contributed by atoms with van der Waals surface area (Å²) in [5.41, 5.74) is 3.28. The number of benzene rings is 2. The Balaban J connectivity index is 2.48. The van der Waals surface area contributed by atoms with E-state index in [2.05, 4.69) is 15.9 Å². The molecule has 0 saturated carbocycles. The Hall–Kier alpha value is -1.12. The third kappa shape index (κ3) is 2.50. The summed E-state index contributed by atoms with van der Waals surface area (Å²) in [6, 6.07) is 11.0. The molecule has 0 aromatic heterocycles. The molecule has 0 aliphatic heterocycles. The lowest BCUT2D eigenvalue weighted by Crippen LogP contribution is -2.03. The van der Waals surface area contributed by atoms with Gasteiger partial charge in [-0.3, -0.25) is 4.79 Å². The van der Waals surface area contributed by atoms with Gasteiger partial charge in [-0.25, -0.2) is 0 Å². The normalized spacial score (nSPS) is 10.4. The zero-order valence-electron chi connectivity index (χ0n) is 10.1. The summed E-state index contributed by atoms with van der Waals surface area (Å²) in [5, 5.41) is 0.615. The number of carbonyl (C=O) groups is 1. The van der Waals surface area contributed by atoms with E-state index < -0.39 is 0 Å². The number of halogens is 2. The molecule has 2 aromatic carbocycles. The van der Waals surface area contributed by atoms with Crippen LogP contribution in [-0.4, -0.2) is 5.78 Å². The molecular formula is C15H12BrClO. The Labute approximate surface area is 120 Å². The number of ketones is 1. The predicted octanol–water partition coefficient (Wildman–Crippen LogP) is 4.95. The largest absolute Gasteiger partial charge is 0.289 e. The second-order valence-electron chi connectivity index (χ2n) is 4.23. The molecule has 0 fully saturated rings. The third-order valence-corrected chi connectivity index (χ3v) is 4.33. The van der Waals surface area contributed by atoms with Crippen LogP contribution in [0.1, 0.15) is 27.0 Å². The van der Waals surface area contributed by atoms with Gasteiger partial charge in [-0.05, 0) is 53.0 Å². The molecule has 0 saturated heterocycles. The average molecular weight is 324 g/mol. The molecule has 0 N–H and O–H groups in total. The van der Waals surface area contributed by atoms with Gasteiger partial charge in [0, 0.05) is 20.6 Å². The van der Waals surface area contributed by atoms with Crippen LogP contribution in [0.3, 0.4) is 0 Å². The van der Waals surface area contributed by atoms with Crippen molar-refractivity contribution in [2.45, 2.75) is 13.8 Å². The van der Waals surface area contributed by atoms with Crippen LogP contribution < -0.4 is 0 Å². The maximum absolute atomic E-state index is 12.4. The predicted molar refractivity (Wildman–Crippen MR) is 78.5 cm³/mol. The molecule has 2 aromatic rings. The van der Waals surface area contributed by atoms with E-state index in [1.165, 1.54) is 0 Å². The highest BCUT2D eigenvalue weighted by Gasteiger charge is 2.14. The van der Waals surface area contributed by atoms with Gasteiger partial charge in [-0.2, -0.15) is 0 Å². The molecule has 3 heteroatoms. The van der Waals surface area contributed by atoms with E-state index in [4.69, 9.17) is 11.6 Å². The first-order valence-electron chi connectivity index (χ1n) is 5.56. The first kappa shape index (κ1) is 13.3. The van der Waals surface area contributed by atoms with Gasteiger partial charge in [0.1, 0.15) is 0 Å². The highest BCUT2D eigenvalue weighted by Crippen LogP contribution is 2.25. The summed E-state index contributed by atoms with van der Waals surface area (Å²) in [4.78, 5) is 12.4. The summed E-state index contributed by atoms with van der Waals surface area (Å²) in [6.07, 6.45) is 0. The van der Waals surface area contributed by atoms with Crippen molar-refractivity contribution in [1.82, 2.24) is 0 Å². The second kappa shape index (κ2) is 5.25. The molecule has 2 rings (SSSR count). The van der Waals surface area contributed by atoms with E-state index in [9.17, 15) is 4.79 Å². The van der Waals surface area contributed by atoms with Crippen molar-refractivity contribution in [3.05, 3.63) is 68.1 Å². The summed E-state index contributed by atoms with van der Waals surface area (Å²) in [6.45, 7) is 3.88. The maximum atomic E-state index is 12.4. The Kier molecular flexibility index (Phi) is 3.88. The van der Waals surface area contributed by atoms with Crippen molar-refractivity contribution in [3.63, 3.8) is 0 Å².